The van der Waals surface area contributed by atoms with Crippen LogP contribution in [0.4, 0.5) is 5.95 Å². The van der Waals surface area contributed by atoms with Crippen molar-refractivity contribution in [1.82, 2.24) is 15.0 Å². The smallest absolute Gasteiger partial charge is 0.228 e. The van der Waals surface area contributed by atoms with Gasteiger partial charge in [0.05, 0.1) is 34.2 Å². The standard InChI is InChI=1S/C8H14Cl2N5.BrH/c1-15(2,3)5-4-11-8-13-6(9)12-7(10)14-8;/h4-5H2,1-3H3,(H,11,12,13,14);1H/q+1;. The highest BCUT2D eigenvalue weighted by atomic mass is 79.9. The molecule has 0 aliphatic heterocycles. The molecule has 8 heteroatoms. The third kappa shape index (κ3) is 6.42. The van der Waals surface area contributed by atoms with Crippen LogP contribution in [0.5, 0.6) is 0 Å². The number of nitrogens with one attached hydrogen (secondary N) is 1. The quantitative estimate of drug-likeness (QED) is 0.856. The van der Waals surface area contributed by atoms with E-state index < -0.39 is 0 Å². The SMILES string of the molecule is Br.C[N+](C)(C)CCNc1nc(Cl)nc(Cl)n1. The summed E-state index contributed by atoms with van der Waals surface area (Å²) in [7, 11) is 6.32. The second-order valence-electron chi connectivity index (χ2n) is 4.14. The van der Waals surface area contributed by atoms with Gasteiger partial charge in [0.25, 0.3) is 0 Å². The van der Waals surface area contributed by atoms with E-state index >= 15 is 0 Å². The molecule has 1 rings (SSSR count). The minimum Gasteiger partial charge on any atom is -0.348 e. The van der Waals surface area contributed by atoms with Crippen LogP contribution in [0.25, 0.3) is 0 Å². The first-order chi connectivity index (χ1) is 6.87. The van der Waals surface area contributed by atoms with Crippen LogP contribution in [0.2, 0.25) is 10.6 Å². The van der Waals surface area contributed by atoms with E-state index in [1.54, 1.807) is 0 Å². The topological polar surface area (TPSA) is 50.7 Å². The van der Waals surface area contributed by atoms with Crippen LogP contribution in [0.1, 0.15) is 0 Å². The Kier molecular flexibility index (Phi) is 6.47. The molecular formula is C8H15BrCl2N5+. The van der Waals surface area contributed by atoms with Gasteiger partial charge >= 0.3 is 0 Å². The number of quaternary nitrogens is 1. The zero-order chi connectivity index (χ0) is 11.5. The van der Waals surface area contributed by atoms with Crippen LogP contribution in [-0.4, -0.2) is 53.7 Å². The molecule has 0 aliphatic rings. The zero-order valence-corrected chi connectivity index (χ0v) is 12.6. The number of rotatable bonds is 4. The van der Waals surface area contributed by atoms with E-state index in [2.05, 4.69) is 41.4 Å². The van der Waals surface area contributed by atoms with Crippen molar-refractivity contribution in [3.63, 3.8) is 0 Å². The van der Waals surface area contributed by atoms with Gasteiger partial charge in [-0.2, -0.15) is 15.0 Å². The van der Waals surface area contributed by atoms with Gasteiger partial charge in [-0.1, -0.05) is 0 Å². The molecule has 0 aliphatic carbocycles. The maximum Gasteiger partial charge on any atom is 0.228 e. The van der Waals surface area contributed by atoms with Gasteiger partial charge in [-0.05, 0) is 23.2 Å². The molecule has 0 amide bonds. The minimum absolute atomic E-state index is 0. The van der Waals surface area contributed by atoms with E-state index in [9.17, 15) is 0 Å². The van der Waals surface area contributed by atoms with Gasteiger partial charge < -0.3 is 9.80 Å². The van der Waals surface area contributed by atoms with Gasteiger partial charge in [0.15, 0.2) is 0 Å². The number of aromatic nitrogens is 3. The van der Waals surface area contributed by atoms with Crippen LogP contribution >= 0.6 is 40.2 Å². The first kappa shape index (κ1) is 15.8. The van der Waals surface area contributed by atoms with Crippen LogP contribution in [0, 0.1) is 0 Å². The molecule has 5 nitrogen and oxygen atoms in total. The van der Waals surface area contributed by atoms with Gasteiger partial charge in [0, 0.05) is 0 Å². The molecule has 0 aromatic carbocycles. The highest BCUT2D eigenvalue weighted by molar-refractivity contribution is 8.93. The molecule has 0 saturated heterocycles. The van der Waals surface area contributed by atoms with Crippen molar-refractivity contribution in [2.45, 2.75) is 0 Å². The maximum absolute atomic E-state index is 5.63. The molecule has 92 valence electrons. The van der Waals surface area contributed by atoms with Crippen molar-refractivity contribution < 1.29 is 4.48 Å². The lowest BCUT2D eigenvalue weighted by atomic mass is 10.5. The molecule has 0 atom stereocenters. The Morgan fingerprint density at radius 3 is 2.00 bits per heavy atom. The summed E-state index contributed by atoms with van der Waals surface area (Å²) in [5.41, 5.74) is 0. The first-order valence-electron chi connectivity index (χ1n) is 4.48. The van der Waals surface area contributed by atoms with E-state index in [4.69, 9.17) is 23.2 Å². The van der Waals surface area contributed by atoms with E-state index in [1.165, 1.54) is 0 Å². The second kappa shape index (κ2) is 6.54. The Hall–Kier alpha value is -0.170. The fraction of sp³-hybridized carbons (Fsp3) is 0.625. The molecule has 0 saturated carbocycles. The highest BCUT2D eigenvalue weighted by Gasteiger charge is 2.07. The fourth-order valence-electron chi connectivity index (χ4n) is 0.908. The van der Waals surface area contributed by atoms with Crippen LogP contribution < -0.4 is 5.32 Å². The van der Waals surface area contributed by atoms with Crippen LogP contribution in [0.15, 0.2) is 0 Å². The summed E-state index contributed by atoms with van der Waals surface area (Å²) in [6.45, 7) is 1.70. The molecular weight excluding hydrogens is 317 g/mol. The summed E-state index contributed by atoms with van der Waals surface area (Å²) < 4.78 is 0.861. The third-order valence-electron chi connectivity index (χ3n) is 1.65. The van der Waals surface area contributed by atoms with Crippen molar-refractivity contribution in [3.8, 4) is 0 Å². The summed E-state index contributed by atoms with van der Waals surface area (Å²) in [6, 6.07) is 0. The van der Waals surface area contributed by atoms with Crippen molar-refractivity contribution in [1.29, 1.82) is 0 Å². The van der Waals surface area contributed by atoms with Crippen molar-refractivity contribution in [3.05, 3.63) is 10.6 Å². The first-order valence-corrected chi connectivity index (χ1v) is 5.24. The average Bonchev–Trinajstić information content (AvgIpc) is 1.99. The van der Waals surface area contributed by atoms with Gasteiger partial charge in [-0.25, -0.2) is 0 Å². The predicted molar refractivity (Wildman–Crippen MR) is 71.6 cm³/mol. The van der Waals surface area contributed by atoms with Gasteiger partial charge in [0.2, 0.25) is 16.5 Å². The normalized spacial score (nSPS) is 10.8. The monoisotopic (exact) mass is 330 g/mol. The van der Waals surface area contributed by atoms with Crippen LogP contribution in [-0.2, 0) is 0 Å². The highest BCUT2D eigenvalue weighted by Crippen LogP contribution is 2.09. The lowest BCUT2D eigenvalue weighted by Gasteiger charge is -2.23. The molecule has 0 fully saturated rings. The number of halogens is 3. The molecule has 16 heavy (non-hydrogen) atoms. The zero-order valence-electron chi connectivity index (χ0n) is 9.37. The van der Waals surface area contributed by atoms with E-state index in [1.807, 2.05) is 0 Å². The van der Waals surface area contributed by atoms with E-state index in [0.717, 1.165) is 17.6 Å². The Morgan fingerprint density at radius 2 is 1.56 bits per heavy atom. The number of hydrogen-bond acceptors (Lipinski definition) is 4. The fourth-order valence-corrected chi connectivity index (χ4v) is 1.27. The lowest BCUT2D eigenvalue weighted by molar-refractivity contribution is -0.868. The number of likely N-dealkylation sites (N-methyl/N-ethyl adjacent to an activating group) is 1. The molecule has 0 unspecified atom stereocenters. The molecule has 0 spiro atoms. The minimum atomic E-state index is 0. The largest absolute Gasteiger partial charge is 0.348 e. The molecule has 0 radical (unpaired) electrons. The third-order valence-corrected chi connectivity index (χ3v) is 1.98. The molecule has 1 aromatic rings. The van der Waals surface area contributed by atoms with E-state index in [-0.39, 0.29) is 27.5 Å². The summed E-state index contributed by atoms with van der Waals surface area (Å²) in [5, 5.41) is 3.24. The molecule has 1 heterocycles. The van der Waals surface area contributed by atoms with Crippen molar-refractivity contribution >= 4 is 46.1 Å². The maximum atomic E-state index is 5.63. The number of hydrogen-bond donors (Lipinski definition) is 1. The van der Waals surface area contributed by atoms with Gasteiger partial charge in [-0.3, -0.25) is 0 Å². The van der Waals surface area contributed by atoms with Gasteiger partial charge in [0.1, 0.15) is 0 Å². The number of nitrogens with zero attached hydrogens (tertiary/aromatic N) is 4. The van der Waals surface area contributed by atoms with E-state index in [0.29, 0.717) is 5.95 Å². The molecule has 1 aromatic heterocycles. The molecule has 0 bridgehead atoms. The Balaban J connectivity index is 0.00000225. The second-order valence-corrected chi connectivity index (χ2v) is 4.81. The summed E-state index contributed by atoms with van der Waals surface area (Å²) in [6.07, 6.45) is 0. The Morgan fingerprint density at radius 1 is 1.06 bits per heavy atom. The van der Waals surface area contributed by atoms with Crippen molar-refractivity contribution in [2.75, 3.05) is 39.5 Å². The summed E-state index contributed by atoms with van der Waals surface area (Å²) in [4.78, 5) is 11.4. The lowest BCUT2D eigenvalue weighted by Crippen LogP contribution is -2.38. The average molecular weight is 332 g/mol. The Labute approximate surface area is 116 Å². The summed E-state index contributed by atoms with van der Waals surface area (Å²) >= 11 is 11.3. The van der Waals surface area contributed by atoms with Crippen molar-refractivity contribution in [2.24, 2.45) is 0 Å². The summed E-state index contributed by atoms with van der Waals surface area (Å²) in [5.74, 6) is 0.411. The number of anilines is 1. The van der Waals surface area contributed by atoms with Gasteiger partial charge in [-0.15, -0.1) is 17.0 Å². The Bertz CT molecular complexity index is 321. The molecule has 1 N–H and O–H groups in total. The van der Waals surface area contributed by atoms with Crippen LogP contribution in [0.3, 0.4) is 0 Å². The predicted octanol–water partition coefficient (Wildman–Crippen LogP) is 1.87.